The zero-order valence-electron chi connectivity index (χ0n) is 10.6. The molecule has 4 heteroatoms. The van der Waals surface area contributed by atoms with E-state index >= 15 is 0 Å². The van der Waals surface area contributed by atoms with Crippen LogP contribution in [0.1, 0.15) is 21.7 Å². The lowest BCUT2D eigenvalue weighted by atomic mass is 10.2. The van der Waals surface area contributed by atoms with Crippen LogP contribution >= 0.6 is 0 Å². The normalized spacial score (nSPS) is 10.4. The number of hydrogen-bond acceptors (Lipinski definition) is 2. The number of anilines is 1. The fourth-order valence-electron chi connectivity index (χ4n) is 1.85. The molecule has 2 aromatic rings. The molecule has 1 amide bonds. The summed E-state index contributed by atoms with van der Waals surface area (Å²) < 4.78 is 1.86. The summed E-state index contributed by atoms with van der Waals surface area (Å²) in [5.41, 5.74) is 9.02. The lowest BCUT2D eigenvalue weighted by Gasteiger charge is -2.10. The maximum Gasteiger partial charge on any atom is 0.272 e. The van der Waals surface area contributed by atoms with Crippen LogP contribution < -0.4 is 11.1 Å². The molecule has 0 saturated carbocycles. The number of nitrogens with zero attached hydrogens (tertiary/aromatic N) is 1. The Morgan fingerprint density at radius 3 is 2.61 bits per heavy atom. The number of rotatable bonds is 3. The summed E-state index contributed by atoms with van der Waals surface area (Å²) in [7, 11) is 1.87. The van der Waals surface area contributed by atoms with Gasteiger partial charge in [-0.1, -0.05) is 18.2 Å². The second kappa shape index (κ2) is 5.06. The highest BCUT2D eigenvalue weighted by molar-refractivity contribution is 6.03. The van der Waals surface area contributed by atoms with Gasteiger partial charge in [-0.2, -0.15) is 0 Å². The highest BCUT2D eigenvalue weighted by atomic mass is 16.1. The van der Waals surface area contributed by atoms with Crippen molar-refractivity contribution in [2.45, 2.75) is 13.5 Å². The zero-order valence-corrected chi connectivity index (χ0v) is 10.6. The fourth-order valence-corrected chi connectivity index (χ4v) is 1.85. The Kier molecular flexibility index (Phi) is 3.48. The van der Waals surface area contributed by atoms with Gasteiger partial charge < -0.3 is 15.6 Å². The first-order valence-electron chi connectivity index (χ1n) is 5.85. The minimum Gasteiger partial charge on any atom is -0.344 e. The van der Waals surface area contributed by atoms with Crippen molar-refractivity contribution in [3.8, 4) is 0 Å². The molecule has 0 aliphatic rings. The van der Waals surface area contributed by atoms with Gasteiger partial charge in [0.15, 0.2) is 0 Å². The quantitative estimate of drug-likeness (QED) is 0.866. The smallest absolute Gasteiger partial charge is 0.272 e. The average Bonchev–Trinajstić information content (AvgIpc) is 2.71. The Morgan fingerprint density at radius 2 is 2.00 bits per heavy atom. The maximum absolute atomic E-state index is 12.1. The van der Waals surface area contributed by atoms with Gasteiger partial charge in [-0.05, 0) is 30.7 Å². The van der Waals surface area contributed by atoms with Crippen molar-refractivity contribution < 1.29 is 4.79 Å². The van der Waals surface area contributed by atoms with E-state index in [0.29, 0.717) is 12.2 Å². The molecule has 0 atom stereocenters. The molecule has 3 N–H and O–H groups in total. The number of nitrogens with two attached hydrogens (primary N) is 1. The molecular formula is C14H17N3O. The van der Waals surface area contributed by atoms with E-state index in [-0.39, 0.29) is 5.91 Å². The van der Waals surface area contributed by atoms with Crippen molar-refractivity contribution in [2.24, 2.45) is 12.8 Å². The first-order chi connectivity index (χ1) is 8.63. The highest BCUT2D eigenvalue weighted by Crippen LogP contribution is 2.16. The predicted molar refractivity (Wildman–Crippen MR) is 72.4 cm³/mol. The third-order valence-electron chi connectivity index (χ3n) is 3.09. The maximum atomic E-state index is 12.1. The Hall–Kier alpha value is -2.07. The minimum atomic E-state index is -0.119. The number of hydrogen-bond donors (Lipinski definition) is 2. The second-order valence-electron chi connectivity index (χ2n) is 4.23. The molecule has 0 fully saturated rings. The Labute approximate surface area is 106 Å². The van der Waals surface area contributed by atoms with E-state index in [2.05, 4.69) is 5.32 Å². The number of nitrogens with one attached hydrogen (secondary N) is 1. The number of carbonyl (C=O) groups excluding carboxylic acids is 1. The summed E-state index contributed by atoms with van der Waals surface area (Å²) in [4.78, 5) is 12.1. The molecule has 0 radical (unpaired) electrons. The number of para-hydroxylation sites is 1. The number of aryl methyl sites for hydroxylation is 1. The molecule has 0 bridgehead atoms. The van der Waals surface area contributed by atoms with E-state index < -0.39 is 0 Å². The topological polar surface area (TPSA) is 60.1 Å². The van der Waals surface area contributed by atoms with Crippen molar-refractivity contribution in [1.29, 1.82) is 0 Å². The number of benzene rings is 1. The van der Waals surface area contributed by atoms with Crippen LogP contribution in [0.4, 0.5) is 5.69 Å². The van der Waals surface area contributed by atoms with E-state index in [9.17, 15) is 4.79 Å². The summed E-state index contributed by atoms with van der Waals surface area (Å²) >= 11 is 0. The van der Waals surface area contributed by atoms with Crippen LogP contribution in [-0.2, 0) is 13.6 Å². The Balaban J connectivity index is 2.24. The van der Waals surface area contributed by atoms with Crippen molar-refractivity contribution in [3.05, 3.63) is 53.3 Å². The number of carbonyl (C=O) groups is 1. The first kappa shape index (κ1) is 12.4. The van der Waals surface area contributed by atoms with E-state index in [1.807, 2.05) is 54.9 Å². The largest absolute Gasteiger partial charge is 0.344 e. The molecule has 1 aromatic heterocycles. The van der Waals surface area contributed by atoms with Crippen LogP contribution in [0.3, 0.4) is 0 Å². The molecule has 4 nitrogen and oxygen atoms in total. The van der Waals surface area contributed by atoms with Crippen molar-refractivity contribution in [1.82, 2.24) is 4.57 Å². The molecule has 1 heterocycles. The fraction of sp³-hybridized carbons (Fsp3) is 0.214. The summed E-state index contributed by atoms with van der Waals surface area (Å²) in [5.74, 6) is -0.119. The Morgan fingerprint density at radius 1 is 1.28 bits per heavy atom. The standard InChI is InChI=1S/C14H17N3O/c1-10-7-8-13(17(10)2)14(18)16-12-6-4-3-5-11(12)9-15/h3-8H,9,15H2,1-2H3,(H,16,18). The number of amides is 1. The summed E-state index contributed by atoms with van der Waals surface area (Å²) in [6, 6.07) is 11.3. The summed E-state index contributed by atoms with van der Waals surface area (Å²) in [6.07, 6.45) is 0. The monoisotopic (exact) mass is 243 g/mol. The molecule has 0 aliphatic carbocycles. The third kappa shape index (κ3) is 2.28. The van der Waals surface area contributed by atoms with Crippen molar-refractivity contribution in [3.63, 3.8) is 0 Å². The summed E-state index contributed by atoms with van der Waals surface area (Å²) in [5, 5.41) is 2.89. The average molecular weight is 243 g/mol. The summed E-state index contributed by atoms with van der Waals surface area (Å²) in [6.45, 7) is 2.37. The van der Waals surface area contributed by atoms with Gasteiger partial charge in [-0.3, -0.25) is 4.79 Å². The Bertz CT molecular complexity index is 572. The van der Waals surface area contributed by atoms with Crippen LogP contribution in [0, 0.1) is 6.92 Å². The van der Waals surface area contributed by atoms with Crippen LogP contribution in [-0.4, -0.2) is 10.5 Å². The number of aromatic nitrogens is 1. The first-order valence-corrected chi connectivity index (χ1v) is 5.85. The molecule has 0 unspecified atom stereocenters. The van der Waals surface area contributed by atoms with Crippen LogP contribution in [0.2, 0.25) is 0 Å². The van der Waals surface area contributed by atoms with Gasteiger partial charge in [0, 0.05) is 25.0 Å². The predicted octanol–water partition coefficient (Wildman–Crippen LogP) is 2.04. The van der Waals surface area contributed by atoms with E-state index in [0.717, 1.165) is 16.9 Å². The van der Waals surface area contributed by atoms with E-state index in [4.69, 9.17) is 5.73 Å². The zero-order chi connectivity index (χ0) is 13.1. The molecule has 1 aromatic carbocycles. The highest BCUT2D eigenvalue weighted by Gasteiger charge is 2.12. The SMILES string of the molecule is Cc1ccc(C(=O)Nc2ccccc2CN)n1C. The molecule has 0 saturated heterocycles. The van der Waals surface area contributed by atoms with Gasteiger partial charge in [0.05, 0.1) is 0 Å². The van der Waals surface area contributed by atoms with Gasteiger partial charge in [-0.15, -0.1) is 0 Å². The van der Waals surface area contributed by atoms with Gasteiger partial charge in [-0.25, -0.2) is 0 Å². The second-order valence-corrected chi connectivity index (χ2v) is 4.23. The molecule has 94 valence electrons. The van der Waals surface area contributed by atoms with E-state index in [1.165, 1.54) is 0 Å². The third-order valence-corrected chi connectivity index (χ3v) is 3.09. The van der Waals surface area contributed by atoms with Gasteiger partial charge >= 0.3 is 0 Å². The molecular weight excluding hydrogens is 226 g/mol. The van der Waals surface area contributed by atoms with E-state index in [1.54, 1.807) is 0 Å². The van der Waals surface area contributed by atoms with Crippen molar-refractivity contribution >= 4 is 11.6 Å². The molecule has 18 heavy (non-hydrogen) atoms. The lowest BCUT2D eigenvalue weighted by molar-refractivity contribution is 0.101. The van der Waals surface area contributed by atoms with Gasteiger partial charge in [0.1, 0.15) is 5.69 Å². The molecule has 0 aliphatic heterocycles. The van der Waals surface area contributed by atoms with Crippen LogP contribution in [0.5, 0.6) is 0 Å². The molecule has 0 spiro atoms. The van der Waals surface area contributed by atoms with Crippen LogP contribution in [0.25, 0.3) is 0 Å². The van der Waals surface area contributed by atoms with Crippen LogP contribution in [0.15, 0.2) is 36.4 Å². The van der Waals surface area contributed by atoms with Gasteiger partial charge in [0.25, 0.3) is 5.91 Å². The lowest BCUT2D eigenvalue weighted by Crippen LogP contribution is -2.17. The molecule has 2 rings (SSSR count). The van der Waals surface area contributed by atoms with Crippen molar-refractivity contribution in [2.75, 3.05) is 5.32 Å². The minimum absolute atomic E-state index is 0.119. The van der Waals surface area contributed by atoms with Gasteiger partial charge in [0.2, 0.25) is 0 Å².